The Labute approximate surface area is 82.5 Å². The predicted octanol–water partition coefficient (Wildman–Crippen LogP) is 1.01. The summed E-state index contributed by atoms with van der Waals surface area (Å²) in [6.45, 7) is 1.77. The number of nitrogens with two attached hydrogens (primary N) is 1. The van der Waals surface area contributed by atoms with Gasteiger partial charge in [-0.3, -0.25) is 4.89 Å². The molecular weight excluding hydrogens is 182 g/mol. The Bertz CT molecular complexity index is 285. The van der Waals surface area contributed by atoms with Crippen molar-refractivity contribution in [2.75, 3.05) is 0 Å². The topological polar surface area (TPSA) is 61.6 Å². The van der Waals surface area contributed by atoms with Crippen molar-refractivity contribution in [3.63, 3.8) is 0 Å². The first-order valence-corrected chi connectivity index (χ1v) is 4.33. The third-order valence-corrected chi connectivity index (χ3v) is 1.58. The minimum absolute atomic E-state index is 0.235. The number of carbonyl (C=O) groups is 1. The molecule has 0 aliphatic rings. The summed E-state index contributed by atoms with van der Waals surface area (Å²) in [4.78, 5) is 20.0. The lowest BCUT2D eigenvalue weighted by Gasteiger charge is -2.05. The van der Waals surface area contributed by atoms with Crippen LogP contribution in [0.3, 0.4) is 0 Å². The quantitative estimate of drug-likeness (QED) is 0.575. The molecule has 0 bridgehead atoms. The van der Waals surface area contributed by atoms with E-state index in [1.807, 2.05) is 30.3 Å². The molecule has 1 rings (SSSR count). The van der Waals surface area contributed by atoms with E-state index in [9.17, 15) is 4.79 Å². The summed E-state index contributed by atoms with van der Waals surface area (Å²) in [5.74, 6) is -0.569. The van der Waals surface area contributed by atoms with Crippen LogP contribution in [0.1, 0.15) is 12.5 Å². The lowest BCUT2D eigenvalue weighted by atomic mass is 10.2. The molecule has 76 valence electrons. The lowest BCUT2D eigenvalue weighted by Crippen LogP contribution is -2.28. The standard InChI is InChI=1S/C10H13NO3/c1-8(11)10(12)14-13-7-9-5-3-2-4-6-9/h2-6,8H,7,11H2,1H3. The van der Waals surface area contributed by atoms with E-state index in [1.54, 1.807) is 0 Å². The van der Waals surface area contributed by atoms with Crippen LogP contribution in [-0.4, -0.2) is 12.0 Å². The van der Waals surface area contributed by atoms with Gasteiger partial charge in [0, 0.05) is 0 Å². The van der Waals surface area contributed by atoms with E-state index in [2.05, 4.69) is 4.89 Å². The maximum atomic E-state index is 10.9. The fourth-order valence-electron chi connectivity index (χ4n) is 0.806. The third kappa shape index (κ3) is 3.55. The van der Waals surface area contributed by atoms with Gasteiger partial charge in [-0.1, -0.05) is 30.3 Å². The molecule has 4 nitrogen and oxygen atoms in total. The summed E-state index contributed by atoms with van der Waals surface area (Å²) in [7, 11) is 0. The molecule has 1 aromatic carbocycles. The molecule has 0 saturated carbocycles. The molecule has 0 amide bonds. The minimum Gasteiger partial charge on any atom is -0.319 e. The molecule has 1 unspecified atom stereocenters. The predicted molar refractivity (Wildman–Crippen MR) is 51.0 cm³/mol. The summed E-state index contributed by atoms with van der Waals surface area (Å²) in [6, 6.07) is 8.75. The van der Waals surface area contributed by atoms with Gasteiger partial charge in [0.25, 0.3) is 0 Å². The van der Waals surface area contributed by atoms with Gasteiger partial charge >= 0.3 is 5.97 Å². The van der Waals surface area contributed by atoms with Crippen molar-refractivity contribution in [2.45, 2.75) is 19.6 Å². The molecule has 0 aromatic heterocycles. The van der Waals surface area contributed by atoms with Crippen LogP contribution in [0.4, 0.5) is 0 Å². The molecule has 1 aromatic rings. The number of hydrogen-bond acceptors (Lipinski definition) is 4. The van der Waals surface area contributed by atoms with Gasteiger partial charge in [-0.2, -0.15) is 4.89 Å². The van der Waals surface area contributed by atoms with Gasteiger partial charge in [0.2, 0.25) is 0 Å². The van der Waals surface area contributed by atoms with Crippen LogP contribution >= 0.6 is 0 Å². The first-order valence-electron chi connectivity index (χ1n) is 4.33. The van der Waals surface area contributed by atoms with Crippen LogP contribution < -0.4 is 5.73 Å². The number of benzene rings is 1. The van der Waals surface area contributed by atoms with E-state index >= 15 is 0 Å². The van der Waals surface area contributed by atoms with Gasteiger partial charge in [0.1, 0.15) is 12.6 Å². The monoisotopic (exact) mass is 195 g/mol. The first-order chi connectivity index (χ1) is 6.70. The third-order valence-electron chi connectivity index (χ3n) is 1.58. The average Bonchev–Trinajstić information content (AvgIpc) is 2.19. The van der Waals surface area contributed by atoms with Crippen LogP contribution in [-0.2, 0) is 21.2 Å². The van der Waals surface area contributed by atoms with Gasteiger partial charge in [0.05, 0.1) is 0 Å². The zero-order valence-corrected chi connectivity index (χ0v) is 7.97. The van der Waals surface area contributed by atoms with E-state index in [-0.39, 0.29) is 6.61 Å². The van der Waals surface area contributed by atoms with E-state index in [1.165, 1.54) is 6.92 Å². The Morgan fingerprint density at radius 2 is 2.07 bits per heavy atom. The zero-order chi connectivity index (χ0) is 10.4. The van der Waals surface area contributed by atoms with Gasteiger partial charge < -0.3 is 5.73 Å². The lowest BCUT2D eigenvalue weighted by molar-refractivity contribution is -0.280. The van der Waals surface area contributed by atoms with E-state index in [4.69, 9.17) is 10.6 Å². The highest BCUT2D eigenvalue weighted by atomic mass is 17.2. The second-order valence-electron chi connectivity index (χ2n) is 2.94. The van der Waals surface area contributed by atoms with Crippen LogP contribution in [0, 0.1) is 0 Å². The highest BCUT2D eigenvalue weighted by Gasteiger charge is 2.09. The summed E-state index contributed by atoms with van der Waals surface area (Å²) < 4.78 is 0. The smallest absolute Gasteiger partial charge is 0.319 e. The largest absolute Gasteiger partial charge is 0.358 e. The summed E-state index contributed by atoms with van der Waals surface area (Å²) in [5, 5.41) is 0. The Hall–Kier alpha value is -1.39. The molecule has 0 radical (unpaired) electrons. The fourth-order valence-corrected chi connectivity index (χ4v) is 0.806. The zero-order valence-electron chi connectivity index (χ0n) is 7.97. The van der Waals surface area contributed by atoms with E-state index in [0.717, 1.165) is 5.56 Å². The van der Waals surface area contributed by atoms with Crippen molar-refractivity contribution >= 4 is 5.97 Å². The van der Waals surface area contributed by atoms with Crippen molar-refractivity contribution in [1.82, 2.24) is 0 Å². The van der Waals surface area contributed by atoms with Gasteiger partial charge in [-0.15, -0.1) is 0 Å². The highest BCUT2D eigenvalue weighted by Crippen LogP contribution is 2.00. The molecular formula is C10H13NO3. The molecule has 0 aliphatic carbocycles. The molecule has 0 heterocycles. The molecule has 0 spiro atoms. The number of hydrogen-bond donors (Lipinski definition) is 1. The maximum Gasteiger partial charge on any atom is 0.358 e. The van der Waals surface area contributed by atoms with Crippen molar-refractivity contribution in [2.24, 2.45) is 5.73 Å². The molecule has 2 N–H and O–H groups in total. The summed E-state index contributed by atoms with van der Waals surface area (Å²) in [6.07, 6.45) is 0. The average molecular weight is 195 g/mol. The summed E-state index contributed by atoms with van der Waals surface area (Å²) in [5.41, 5.74) is 6.20. The molecule has 1 atom stereocenters. The molecule has 0 aliphatic heterocycles. The first kappa shape index (κ1) is 10.7. The minimum atomic E-state index is -0.661. The SMILES string of the molecule is CC(N)C(=O)OOCc1ccccc1. The van der Waals surface area contributed by atoms with Crippen LogP contribution in [0.5, 0.6) is 0 Å². The molecule has 4 heteroatoms. The van der Waals surface area contributed by atoms with Crippen LogP contribution in [0.2, 0.25) is 0 Å². The van der Waals surface area contributed by atoms with E-state index in [0.29, 0.717) is 0 Å². The van der Waals surface area contributed by atoms with Gasteiger partial charge in [0.15, 0.2) is 0 Å². The van der Waals surface area contributed by atoms with Crippen LogP contribution in [0.15, 0.2) is 30.3 Å². The van der Waals surface area contributed by atoms with E-state index < -0.39 is 12.0 Å². The van der Waals surface area contributed by atoms with Crippen molar-refractivity contribution in [3.05, 3.63) is 35.9 Å². The van der Waals surface area contributed by atoms with Crippen molar-refractivity contribution in [1.29, 1.82) is 0 Å². The van der Waals surface area contributed by atoms with Gasteiger partial charge in [-0.25, -0.2) is 4.79 Å². The maximum absolute atomic E-state index is 10.9. The van der Waals surface area contributed by atoms with Gasteiger partial charge in [-0.05, 0) is 12.5 Å². The Morgan fingerprint density at radius 3 is 2.64 bits per heavy atom. The number of carbonyl (C=O) groups excluding carboxylic acids is 1. The highest BCUT2D eigenvalue weighted by molar-refractivity contribution is 5.74. The molecule has 0 fully saturated rings. The summed E-state index contributed by atoms with van der Waals surface area (Å²) >= 11 is 0. The second-order valence-corrected chi connectivity index (χ2v) is 2.94. The normalized spacial score (nSPS) is 12.1. The van der Waals surface area contributed by atoms with Crippen molar-refractivity contribution in [3.8, 4) is 0 Å². The molecule has 14 heavy (non-hydrogen) atoms. The molecule has 0 saturated heterocycles. The van der Waals surface area contributed by atoms with Crippen LogP contribution in [0.25, 0.3) is 0 Å². The fraction of sp³-hybridized carbons (Fsp3) is 0.300. The van der Waals surface area contributed by atoms with Crippen molar-refractivity contribution < 1.29 is 14.6 Å². The Kier molecular flexibility index (Phi) is 4.10. The Morgan fingerprint density at radius 1 is 1.43 bits per heavy atom. The second kappa shape index (κ2) is 5.36. The number of rotatable bonds is 4. The Balaban J connectivity index is 2.26.